The molecule has 17 heavy (non-hydrogen) atoms. The maximum atomic E-state index is 11.0. The van der Waals surface area contributed by atoms with Crippen molar-refractivity contribution < 1.29 is 9.90 Å². The lowest BCUT2D eigenvalue weighted by Crippen LogP contribution is -2.35. The Labute approximate surface area is 110 Å². The number of hydrogen-bond donors (Lipinski definition) is 1. The highest BCUT2D eigenvalue weighted by molar-refractivity contribution is 6.35. The van der Waals surface area contributed by atoms with Crippen LogP contribution >= 0.6 is 23.2 Å². The van der Waals surface area contributed by atoms with Crippen LogP contribution in [-0.4, -0.2) is 28.6 Å². The molecule has 0 saturated carbocycles. The lowest BCUT2D eigenvalue weighted by Gasteiger charge is -2.21. The quantitative estimate of drug-likeness (QED) is 0.921. The molecule has 1 aliphatic rings. The molecule has 3 nitrogen and oxygen atoms in total. The summed E-state index contributed by atoms with van der Waals surface area (Å²) in [6, 6.07) is 4.92. The maximum Gasteiger partial charge on any atom is 0.320 e. The molecule has 0 spiro atoms. The number of likely N-dealkylation sites (tertiary alicyclic amines) is 1. The number of carboxylic acid groups (broad SMARTS) is 1. The van der Waals surface area contributed by atoms with Crippen molar-refractivity contribution in [2.75, 3.05) is 6.54 Å². The van der Waals surface area contributed by atoms with Crippen LogP contribution in [0.2, 0.25) is 10.0 Å². The van der Waals surface area contributed by atoms with E-state index >= 15 is 0 Å². The van der Waals surface area contributed by atoms with E-state index in [0.717, 1.165) is 18.5 Å². The highest BCUT2D eigenvalue weighted by Crippen LogP contribution is 2.26. The summed E-state index contributed by atoms with van der Waals surface area (Å²) in [4.78, 5) is 13.0. The summed E-state index contributed by atoms with van der Waals surface area (Å²) >= 11 is 11.9. The molecule has 2 rings (SSSR count). The summed E-state index contributed by atoms with van der Waals surface area (Å²) < 4.78 is 0. The van der Waals surface area contributed by atoms with Crippen molar-refractivity contribution in [1.29, 1.82) is 0 Å². The van der Waals surface area contributed by atoms with Gasteiger partial charge in [-0.3, -0.25) is 9.69 Å². The van der Waals surface area contributed by atoms with E-state index in [1.807, 2.05) is 11.0 Å². The predicted octanol–water partition coefficient (Wildman–Crippen LogP) is 3.04. The van der Waals surface area contributed by atoms with Gasteiger partial charge in [-0.1, -0.05) is 29.3 Å². The first kappa shape index (κ1) is 12.7. The van der Waals surface area contributed by atoms with Gasteiger partial charge >= 0.3 is 5.97 Å². The summed E-state index contributed by atoms with van der Waals surface area (Å²) in [6.45, 7) is 1.36. The highest BCUT2D eigenvalue weighted by atomic mass is 35.5. The average Bonchev–Trinajstić information content (AvgIpc) is 2.70. The molecular weight excluding hydrogens is 261 g/mol. The second kappa shape index (κ2) is 5.25. The van der Waals surface area contributed by atoms with Crippen molar-refractivity contribution in [3.63, 3.8) is 0 Å². The zero-order valence-electron chi connectivity index (χ0n) is 9.20. The van der Waals surface area contributed by atoms with Crippen LogP contribution in [0.25, 0.3) is 0 Å². The van der Waals surface area contributed by atoms with Crippen LogP contribution in [0.4, 0.5) is 0 Å². The number of hydrogen-bond acceptors (Lipinski definition) is 2. The summed E-state index contributed by atoms with van der Waals surface area (Å²) in [6.07, 6.45) is 1.63. The topological polar surface area (TPSA) is 40.5 Å². The smallest absolute Gasteiger partial charge is 0.320 e. The van der Waals surface area contributed by atoms with Crippen LogP contribution in [0.5, 0.6) is 0 Å². The van der Waals surface area contributed by atoms with E-state index in [0.29, 0.717) is 23.0 Å². The fourth-order valence-electron chi connectivity index (χ4n) is 2.16. The Hall–Kier alpha value is -0.770. The minimum atomic E-state index is -0.757. The number of rotatable bonds is 3. The van der Waals surface area contributed by atoms with Crippen molar-refractivity contribution in [1.82, 2.24) is 4.90 Å². The van der Waals surface area contributed by atoms with Crippen molar-refractivity contribution in [3.8, 4) is 0 Å². The summed E-state index contributed by atoms with van der Waals surface area (Å²) in [5.41, 5.74) is 0.921. The van der Waals surface area contributed by atoms with E-state index in [1.165, 1.54) is 0 Å². The molecule has 1 N–H and O–H groups in total. The number of nitrogens with zero attached hydrogens (tertiary/aromatic N) is 1. The highest BCUT2D eigenvalue weighted by Gasteiger charge is 2.30. The number of benzene rings is 1. The SMILES string of the molecule is O=C(O)[C@@H]1CCCN1Cc1ccc(Cl)cc1Cl. The molecular formula is C12H13Cl2NO2. The van der Waals surface area contributed by atoms with E-state index in [1.54, 1.807) is 12.1 Å². The molecule has 0 amide bonds. The van der Waals surface area contributed by atoms with Gasteiger partial charge in [0.15, 0.2) is 0 Å². The first-order chi connectivity index (χ1) is 8.08. The maximum absolute atomic E-state index is 11.0. The molecule has 0 aromatic heterocycles. The van der Waals surface area contributed by atoms with Crippen molar-refractivity contribution in [2.24, 2.45) is 0 Å². The Morgan fingerprint density at radius 2 is 2.24 bits per heavy atom. The van der Waals surface area contributed by atoms with Gasteiger partial charge in [-0.2, -0.15) is 0 Å². The average molecular weight is 274 g/mol. The van der Waals surface area contributed by atoms with E-state index in [9.17, 15) is 4.79 Å². The lowest BCUT2D eigenvalue weighted by atomic mass is 10.2. The second-order valence-electron chi connectivity index (χ2n) is 4.20. The Bertz CT molecular complexity index is 437. The monoisotopic (exact) mass is 273 g/mol. The predicted molar refractivity (Wildman–Crippen MR) is 67.5 cm³/mol. The van der Waals surface area contributed by atoms with Gasteiger partial charge in [0.2, 0.25) is 0 Å². The molecule has 92 valence electrons. The molecule has 1 atom stereocenters. The zero-order valence-corrected chi connectivity index (χ0v) is 10.7. The largest absolute Gasteiger partial charge is 0.480 e. The van der Waals surface area contributed by atoms with E-state index < -0.39 is 5.97 Å². The normalized spacial score (nSPS) is 20.7. The van der Waals surface area contributed by atoms with Gasteiger partial charge in [-0.05, 0) is 37.1 Å². The van der Waals surface area contributed by atoms with Crippen molar-refractivity contribution >= 4 is 29.2 Å². The van der Waals surface area contributed by atoms with Crippen LogP contribution in [-0.2, 0) is 11.3 Å². The third-order valence-electron chi connectivity index (χ3n) is 3.04. The Morgan fingerprint density at radius 3 is 2.88 bits per heavy atom. The number of carboxylic acids is 1. The van der Waals surface area contributed by atoms with E-state index in [4.69, 9.17) is 28.3 Å². The molecule has 1 aromatic carbocycles. The summed E-state index contributed by atoms with van der Waals surface area (Å²) in [5.74, 6) is -0.757. The molecule has 1 saturated heterocycles. The standard InChI is InChI=1S/C12H13Cl2NO2/c13-9-4-3-8(10(14)6-9)7-15-5-1-2-11(15)12(16)17/h3-4,6,11H,1-2,5,7H2,(H,16,17)/t11-/m0/s1. The fourth-order valence-corrected chi connectivity index (χ4v) is 2.63. The Balaban J connectivity index is 2.12. The Morgan fingerprint density at radius 1 is 1.47 bits per heavy atom. The summed E-state index contributed by atoms with van der Waals surface area (Å²) in [5, 5.41) is 10.3. The molecule has 1 aliphatic heterocycles. The van der Waals surface area contributed by atoms with Gasteiger partial charge < -0.3 is 5.11 Å². The van der Waals surface area contributed by atoms with Crippen LogP contribution in [0.3, 0.4) is 0 Å². The van der Waals surface area contributed by atoms with Crippen LogP contribution < -0.4 is 0 Å². The van der Waals surface area contributed by atoms with Crippen LogP contribution in [0.1, 0.15) is 18.4 Å². The van der Waals surface area contributed by atoms with Gasteiger partial charge in [-0.15, -0.1) is 0 Å². The minimum Gasteiger partial charge on any atom is -0.480 e. The molecule has 5 heteroatoms. The summed E-state index contributed by atoms with van der Waals surface area (Å²) in [7, 11) is 0. The lowest BCUT2D eigenvalue weighted by molar-refractivity contribution is -0.142. The van der Waals surface area contributed by atoms with Gasteiger partial charge in [0.05, 0.1) is 0 Å². The van der Waals surface area contributed by atoms with Gasteiger partial charge in [-0.25, -0.2) is 0 Å². The zero-order chi connectivity index (χ0) is 12.4. The van der Waals surface area contributed by atoms with E-state index in [-0.39, 0.29) is 6.04 Å². The third-order valence-corrected chi connectivity index (χ3v) is 3.62. The molecule has 0 aliphatic carbocycles. The first-order valence-corrected chi connectivity index (χ1v) is 6.24. The van der Waals surface area contributed by atoms with E-state index in [2.05, 4.69) is 0 Å². The third kappa shape index (κ3) is 2.92. The first-order valence-electron chi connectivity index (χ1n) is 5.48. The number of aliphatic carboxylic acids is 1. The molecule has 1 aromatic rings. The van der Waals surface area contributed by atoms with Crippen molar-refractivity contribution in [3.05, 3.63) is 33.8 Å². The molecule has 0 radical (unpaired) electrons. The van der Waals surface area contributed by atoms with Crippen LogP contribution in [0, 0.1) is 0 Å². The van der Waals surface area contributed by atoms with Crippen LogP contribution in [0.15, 0.2) is 18.2 Å². The number of carbonyl (C=O) groups is 1. The fraction of sp³-hybridized carbons (Fsp3) is 0.417. The molecule has 0 unspecified atom stereocenters. The van der Waals surface area contributed by atoms with Gasteiger partial charge in [0.1, 0.15) is 6.04 Å². The van der Waals surface area contributed by atoms with Gasteiger partial charge in [0.25, 0.3) is 0 Å². The Kier molecular flexibility index (Phi) is 3.92. The van der Waals surface area contributed by atoms with Gasteiger partial charge in [0, 0.05) is 16.6 Å². The molecule has 1 heterocycles. The second-order valence-corrected chi connectivity index (χ2v) is 5.05. The minimum absolute atomic E-state index is 0.387. The molecule has 1 fully saturated rings. The molecule has 0 bridgehead atoms. The van der Waals surface area contributed by atoms with Crippen molar-refractivity contribution in [2.45, 2.75) is 25.4 Å². The number of halogens is 2.